The van der Waals surface area contributed by atoms with Crippen LogP contribution in [0.4, 0.5) is 0 Å². The zero-order valence-corrected chi connectivity index (χ0v) is 6.90. The molecule has 1 amide bonds. The molecule has 0 unspecified atom stereocenters. The summed E-state index contributed by atoms with van der Waals surface area (Å²) in [5, 5.41) is 0. The summed E-state index contributed by atoms with van der Waals surface area (Å²) in [4.78, 5) is 9.73. The molecule has 0 saturated heterocycles. The molecule has 1 N–H and O–H groups in total. The van der Waals surface area contributed by atoms with Gasteiger partial charge in [0.25, 0.3) is 0 Å². The smallest absolute Gasteiger partial charge is 0.574 e. The third-order valence-corrected chi connectivity index (χ3v) is 0.237. The monoisotopic (exact) mass is 270 g/mol. The number of nitrogens with one attached hydrogen (secondary N) is 1. The van der Waals surface area contributed by atoms with E-state index >= 15 is 0 Å². The Kier molecular flexibility index (Phi) is 8.62. The third kappa shape index (κ3) is 10.7. The maximum atomic E-state index is 9.73. The van der Waals surface area contributed by atoms with Gasteiger partial charge in [0.05, 0.1) is 5.91 Å². The Morgan fingerprint density at radius 3 is 2.29 bits per heavy atom. The fourth-order valence-electron chi connectivity index (χ4n) is 0.125. The normalized spacial score (nSPS) is 6.43. The molecule has 0 saturated carbocycles. The second-order valence-electron chi connectivity index (χ2n) is 0.759. The van der Waals surface area contributed by atoms with Crippen molar-refractivity contribution in [2.75, 3.05) is 7.05 Å². The number of amides is 1. The summed E-state index contributed by atoms with van der Waals surface area (Å²) in [5.74, 6) is -0.377. The van der Waals surface area contributed by atoms with Gasteiger partial charge in [0.1, 0.15) is 0 Å². The van der Waals surface area contributed by atoms with E-state index in [0.29, 0.717) is 0 Å². The molecule has 0 aliphatic heterocycles. The van der Waals surface area contributed by atoms with E-state index in [2.05, 4.69) is 17.8 Å². The first kappa shape index (κ1) is 10.1. The van der Waals surface area contributed by atoms with E-state index < -0.39 is 0 Å². The molecule has 0 aliphatic carbocycles. The molecule has 3 nitrogen and oxygen atoms in total. The molecular formula is C3H6N2OW. The van der Waals surface area contributed by atoms with Crippen molar-refractivity contribution < 1.29 is 25.9 Å². The summed E-state index contributed by atoms with van der Waals surface area (Å²) in [6, 6.07) is 0. The summed E-state index contributed by atoms with van der Waals surface area (Å²) >= 11 is 0. The van der Waals surface area contributed by atoms with E-state index in [-0.39, 0.29) is 27.0 Å². The van der Waals surface area contributed by atoms with Gasteiger partial charge in [-0.15, -0.1) is 7.05 Å². The number of nitrogens with zero attached hydrogens (tertiary/aromatic N) is 1. The molecule has 0 aromatic rings. The van der Waals surface area contributed by atoms with E-state index in [1.54, 1.807) is 0 Å². The number of hydrogen-bond acceptors (Lipinski definition) is 1. The first-order valence-corrected chi connectivity index (χ1v) is 1.48. The average molecular weight is 270 g/mol. The van der Waals surface area contributed by atoms with Gasteiger partial charge in [-0.05, 0) is 0 Å². The van der Waals surface area contributed by atoms with Gasteiger partial charge in [-0.1, -0.05) is 0 Å². The quantitative estimate of drug-likeness (QED) is 0.522. The van der Waals surface area contributed by atoms with Crippen molar-refractivity contribution >= 4 is 5.91 Å². The fourth-order valence-corrected chi connectivity index (χ4v) is 0.125. The van der Waals surface area contributed by atoms with Gasteiger partial charge in [-0.25, -0.2) is 0 Å². The van der Waals surface area contributed by atoms with Gasteiger partial charge >= 0.3 is 21.1 Å². The van der Waals surface area contributed by atoms with Crippen LogP contribution in [0.15, 0.2) is 0 Å². The van der Waals surface area contributed by atoms with Crippen LogP contribution in [-0.2, 0) is 25.9 Å². The summed E-state index contributed by atoms with van der Waals surface area (Å²) in [5.41, 5.74) is 5.36. The van der Waals surface area contributed by atoms with Gasteiger partial charge in [0, 0.05) is 0 Å². The molecule has 0 heterocycles. The van der Waals surface area contributed by atoms with Crippen LogP contribution in [0.5, 0.6) is 0 Å². The van der Waals surface area contributed by atoms with Crippen molar-refractivity contribution in [2.24, 2.45) is 0 Å². The van der Waals surface area contributed by atoms with E-state index in [0.717, 1.165) is 0 Å². The third-order valence-electron chi connectivity index (χ3n) is 0.237. The van der Waals surface area contributed by atoms with Crippen molar-refractivity contribution in [1.82, 2.24) is 5.43 Å². The molecule has 7 heavy (non-hydrogen) atoms. The summed E-state index contributed by atoms with van der Waals surface area (Å²) in [6.07, 6.45) is 0. The SMILES string of the molecule is [CH2-]C(=O)N[N-]C.[W+2]. The van der Waals surface area contributed by atoms with Gasteiger partial charge in [0.15, 0.2) is 0 Å². The predicted octanol–water partition coefficient (Wildman–Crippen LogP) is -0.147. The van der Waals surface area contributed by atoms with Crippen LogP contribution in [0.25, 0.3) is 5.43 Å². The maximum Gasteiger partial charge on any atom is 2.00 e. The standard InChI is InChI=1S/C3H6N2O.W/c1-3(6)5-4-2;/h1H2,2H3,(H,5,6);/q-2;+2. The van der Waals surface area contributed by atoms with Crippen LogP contribution in [0.2, 0.25) is 0 Å². The molecule has 0 aliphatic rings. The molecule has 0 fully saturated rings. The molecule has 0 bridgehead atoms. The summed E-state index contributed by atoms with van der Waals surface area (Å²) < 4.78 is 0. The van der Waals surface area contributed by atoms with E-state index in [1.807, 2.05) is 0 Å². The van der Waals surface area contributed by atoms with Crippen molar-refractivity contribution in [3.8, 4) is 0 Å². The zero-order chi connectivity index (χ0) is 4.99. The largest absolute Gasteiger partial charge is 2.00 e. The Morgan fingerprint density at radius 2 is 2.29 bits per heavy atom. The van der Waals surface area contributed by atoms with Gasteiger partial charge in [-0.2, -0.15) is 0 Å². The second kappa shape index (κ2) is 5.99. The minimum Gasteiger partial charge on any atom is -0.574 e. The first-order valence-electron chi connectivity index (χ1n) is 1.48. The van der Waals surface area contributed by atoms with Gasteiger partial charge < -0.3 is 22.6 Å². The molecule has 0 aromatic heterocycles. The van der Waals surface area contributed by atoms with Crippen LogP contribution >= 0.6 is 0 Å². The number of carbonyl (C=O) groups is 1. The summed E-state index contributed by atoms with van der Waals surface area (Å²) in [7, 11) is 1.48. The molecule has 0 rings (SSSR count). The molecule has 40 valence electrons. The molecule has 0 spiro atoms. The van der Waals surface area contributed by atoms with Crippen LogP contribution < -0.4 is 5.43 Å². The Bertz CT molecular complexity index is 56.9. The Hall–Kier alpha value is -0.0117. The fraction of sp³-hybridized carbons (Fsp3) is 0.333. The van der Waals surface area contributed by atoms with Crippen LogP contribution in [0.3, 0.4) is 0 Å². The molecule has 4 heteroatoms. The zero-order valence-electron chi connectivity index (χ0n) is 3.97. The summed E-state index contributed by atoms with van der Waals surface area (Å²) in [6.45, 7) is 2.98. The van der Waals surface area contributed by atoms with Crippen molar-refractivity contribution in [1.29, 1.82) is 0 Å². The van der Waals surface area contributed by atoms with Gasteiger partial charge in [-0.3, -0.25) is 0 Å². The van der Waals surface area contributed by atoms with Crippen LogP contribution in [-0.4, -0.2) is 13.0 Å². The molecular weight excluding hydrogens is 264 g/mol. The first-order chi connectivity index (χ1) is 2.77. The van der Waals surface area contributed by atoms with Gasteiger partial charge in [0.2, 0.25) is 0 Å². The van der Waals surface area contributed by atoms with E-state index in [4.69, 9.17) is 0 Å². The Balaban J connectivity index is 0. The van der Waals surface area contributed by atoms with Crippen molar-refractivity contribution in [3.05, 3.63) is 12.3 Å². The Labute approximate surface area is 57.1 Å². The molecule has 0 radical (unpaired) electrons. The predicted molar refractivity (Wildman–Crippen MR) is 22.8 cm³/mol. The van der Waals surface area contributed by atoms with Crippen LogP contribution in [0.1, 0.15) is 0 Å². The van der Waals surface area contributed by atoms with Crippen molar-refractivity contribution in [2.45, 2.75) is 0 Å². The maximum absolute atomic E-state index is 9.73. The molecule has 0 atom stereocenters. The van der Waals surface area contributed by atoms with Crippen molar-refractivity contribution in [3.63, 3.8) is 0 Å². The minimum absolute atomic E-state index is 0. The van der Waals surface area contributed by atoms with E-state index in [1.165, 1.54) is 7.05 Å². The number of rotatable bonds is 1. The minimum atomic E-state index is -0.377. The van der Waals surface area contributed by atoms with E-state index in [9.17, 15) is 4.79 Å². The van der Waals surface area contributed by atoms with Crippen LogP contribution in [0, 0.1) is 6.92 Å². The second-order valence-corrected chi connectivity index (χ2v) is 0.759. The topological polar surface area (TPSA) is 43.2 Å². The number of hydrogen-bond donors (Lipinski definition) is 1. The average Bonchev–Trinajstić information content (AvgIpc) is 1.35. The molecule has 0 aromatic carbocycles. The number of carbonyl (C=O) groups excluding carboxylic acids is 1. The Morgan fingerprint density at radius 1 is 1.86 bits per heavy atom.